The fraction of sp³-hybridized carbons (Fsp3) is 1.00. The number of nitrogens with zero attached hydrogens (tertiary/aromatic N) is 1. The molecule has 4 aliphatic rings. The van der Waals surface area contributed by atoms with Crippen LogP contribution in [0.1, 0.15) is 0 Å². The van der Waals surface area contributed by atoms with Crippen molar-refractivity contribution in [1.29, 1.82) is 0 Å². The zero-order chi connectivity index (χ0) is 16.0. The Balaban J connectivity index is 1.29. The van der Waals surface area contributed by atoms with E-state index >= 15 is 0 Å². The van der Waals surface area contributed by atoms with Gasteiger partial charge in [0, 0.05) is 0 Å². The van der Waals surface area contributed by atoms with Crippen LogP contribution in [0.3, 0.4) is 0 Å². The summed E-state index contributed by atoms with van der Waals surface area (Å²) in [6, 6.07) is 0. The number of rotatable bonds is 5. The van der Waals surface area contributed by atoms with Gasteiger partial charge < -0.3 is 28.9 Å². The summed E-state index contributed by atoms with van der Waals surface area (Å²) in [4.78, 5) is 15.1. The van der Waals surface area contributed by atoms with E-state index in [0.29, 0.717) is 19.8 Å². The number of fused-ring (bicyclic) bond motifs is 2. The fourth-order valence-electron chi connectivity index (χ4n) is 3.38. The Morgan fingerprint density at radius 1 is 0.913 bits per heavy atom. The minimum Gasteiger partial charge on any atom is -0.388 e. The molecule has 8 atom stereocenters. The van der Waals surface area contributed by atoms with E-state index in [4.69, 9.17) is 18.9 Å². The summed E-state index contributed by atoms with van der Waals surface area (Å²) in [7, 11) is 3.27. The Kier molecular flexibility index (Phi) is 4.60. The van der Waals surface area contributed by atoms with Crippen LogP contribution in [-0.4, -0.2) is 83.7 Å². The van der Waals surface area contributed by atoms with E-state index in [-0.39, 0.29) is 35.4 Å². The fourth-order valence-corrected chi connectivity index (χ4v) is 6.47. The van der Waals surface area contributed by atoms with Gasteiger partial charge in [-0.05, 0) is 0 Å². The average Bonchev–Trinajstić information content (AvgIpc) is 3.22. The van der Waals surface area contributed by atoms with Crippen LogP contribution in [0.4, 0.5) is 0 Å². The maximum atomic E-state index is 10.5. The van der Waals surface area contributed by atoms with Gasteiger partial charge in [-0.15, -0.1) is 10.1 Å². The molecule has 4 aliphatic heterocycles. The van der Waals surface area contributed by atoms with E-state index in [1.165, 1.54) is 0 Å². The molecule has 4 saturated heterocycles. The Morgan fingerprint density at radius 3 is 2.17 bits per heavy atom. The number of hydrogen-bond acceptors (Lipinski definition) is 10. The molecule has 0 saturated carbocycles. The van der Waals surface area contributed by atoms with Crippen molar-refractivity contribution in [3.63, 3.8) is 0 Å². The molecule has 1 N–H and O–H groups in total. The summed E-state index contributed by atoms with van der Waals surface area (Å²) in [5, 5.41) is 19.6. The van der Waals surface area contributed by atoms with Crippen LogP contribution in [0.15, 0.2) is 0 Å². The number of hydrogen-bond donors (Lipinski definition) is 1. The van der Waals surface area contributed by atoms with Crippen LogP contribution in [-0.2, 0) is 23.8 Å². The summed E-state index contributed by atoms with van der Waals surface area (Å²) >= 11 is 0. The monoisotopic (exact) mass is 367 g/mol. The molecule has 0 aliphatic carbocycles. The predicted octanol–water partition coefficient (Wildman–Crippen LogP) is -0.362. The van der Waals surface area contributed by atoms with E-state index in [1.807, 2.05) is 0 Å². The predicted molar refractivity (Wildman–Crippen MR) is 79.6 cm³/mol. The van der Waals surface area contributed by atoms with E-state index in [2.05, 4.69) is 4.84 Å². The molecular weight excluding hydrogens is 350 g/mol. The summed E-state index contributed by atoms with van der Waals surface area (Å²) in [5.41, 5.74) is 0. The minimum atomic E-state index is -0.798. The number of aliphatic hydroxyl groups excluding tert-OH is 1. The molecule has 5 unspecified atom stereocenters. The normalized spacial score (nSPS) is 48.4. The standard InChI is InChI=1S/C12H17NO8S2/c14-5-1-17-11-7(3-19-9(5)11)22-23-8-4-20-10-6(21-13(15)16)2-18-12(8)10/h5-12,14H,1-4H2/t5-,6-,7?,8+,9?,10?,11?,12?/m1/s1. The second-order valence-corrected chi connectivity index (χ2v) is 8.65. The van der Waals surface area contributed by atoms with Gasteiger partial charge in [0.15, 0.2) is 6.10 Å². The number of ether oxygens (including phenoxy) is 4. The highest BCUT2D eigenvalue weighted by molar-refractivity contribution is 8.77. The van der Waals surface area contributed by atoms with Crippen molar-refractivity contribution in [1.82, 2.24) is 0 Å². The Morgan fingerprint density at radius 2 is 1.48 bits per heavy atom. The van der Waals surface area contributed by atoms with Crippen LogP contribution < -0.4 is 0 Å². The summed E-state index contributed by atoms with van der Waals surface area (Å²) in [6.07, 6.45) is -2.12. The summed E-state index contributed by atoms with van der Waals surface area (Å²) in [5.74, 6) is 0. The SMILES string of the molecule is O=[N+]([O-])O[C@@H]1COC2C1OC[C@@H]2SSC1COC2C1OC[C@H]2O. The highest BCUT2D eigenvalue weighted by Crippen LogP contribution is 2.45. The van der Waals surface area contributed by atoms with Gasteiger partial charge in [-0.25, -0.2) is 0 Å². The van der Waals surface area contributed by atoms with Crippen LogP contribution >= 0.6 is 21.6 Å². The lowest BCUT2D eigenvalue weighted by Gasteiger charge is -2.19. The van der Waals surface area contributed by atoms with Gasteiger partial charge in [0.2, 0.25) is 0 Å². The third-order valence-corrected chi connectivity index (χ3v) is 7.70. The van der Waals surface area contributed by atoms with Crippen molar-refractivity contribution in [3.8, 4) is 0 Å². The van der Waals surface area contributed by atoms with Crippen molar-refractivity contribution in [2.75, 3.05) is 26.4 Å². The molecule has 0 aromatic rings. The lowest BCUT2D eigenvalue weighted by atomic mass is 10.1. The first-order valence-corrected chi connectivity index (χ1v) is 9.69. The van der Waals surface area contributed by atoms with Gasteiger partial charge >= 0.3 is 0 Å². The maximum Gasteiger partial charge on any atom is 0.294 e. The van der Waals surface area contributed by atoms with Gasteiger partial charge in [0.1, 0.15) is 30.5 Å². The smallest absolute Gasteiger partial charge is 0.294 e. The first-order chi connectivity index (χ1) is 11.1. The first kappa shape index (κ1) is 16.2. The van der Waals surface area contributed by atoms with Crippen molar-refractivity contribution in [3.05, 3.63) is 10.1 Å². The molecule has 130 valence electrons. The zero-order valence-electron chi connectivity index (χ0n) is 12.0. The molecule has 0 radical (unpaired) electrons. The molecule has 0 spiro atoms. The highest BCUT2D eigenvalue weighted by Gasteiger charge is 2.51. The zero-order valence-corrected chi connectivity index (χ0v) is 13.6. The quantitative estimate of drug-likeness (QED) is 0.393. The van der Waals surface area contributed by atoms with Crippen molar-refractivity contribution in [2.24, 2.45) is 0 Å². The van der Waals surface area contributed by atoms with Crippen LogP contribution in [0, 0.1) is 10.1 Å². The van der Waals surface area contributed by atoms with Gasteiger partial charge in [0.05, 0.1) is 36.9 Å². The van der Waals surface area contributed by atoms with Gasteiger partial charge in [-0.1, -0.05) is 21.6 Å². The molecular formula is C12H17NO8S2. The lowest BCUT2D eigenvalue weighted by Crippen LogP contribution is -2.33. The largest absolute Gasteiger partial charge is 0.388 e. The average molecular weight is 367 g/mol. The van der Waals surface area contributed by atoms with Crippen LogP contribution in [0.5, 0.6) is 0 Å². The number of aliphatic hydroxyl groups is 1. The van der Waals surface area contributed by atoms with Gasteiger partial charge in [0.25, 0.3) is 5.09 Å². The van der Waals surface area contributed by atoms with E-state index in [0.717, 1.165) is 0 Å². The van der Waals surface area contributed by atoms with Crippen molar-refractivity contribution < 1.29 is 34.0 Å². The molecule has 23 heavy (non-hydrogen) atoms. The summed E-state index contributed by atoms with van der Waals surface area (Å²) in [6.45, 7) is 1.50. The third-order valence-electron chi connectivity index (χ3n) is 4.47. The Hall–Kier alpha value is -0.300. The summed E-state index contributed by atoms with van der Waals surface area (Å²) < 4.78 is 22.5. The van der Waals surface area contributed by atoms with Gasteiger partial charge in [-0.3, -0.25) is 0 Å². The van der Waals surface area contributed by atoms with Crippen molar-refractivity contribution >= 4 is 21.6 Å². The maximum absolute atomic E-state index is 10.5. The minimum absolute atomic E-state index is 0.0794. The molecule has 0 bridgehead atoms. The highest BCUT2D eigenvalue weighted by atomic mass is 33.1. The van der Waals surface area contributed by atoms with Gasteiger partial charge in [-0.2, -0.15) is 0 Å². The van der Waals surface area contributed by atoms with E-state index in [9.17, 15) is 15.2 Å². The topological polar surface area (TPSA) is 110 Å². The molecule has 4 heterocycles. The molecule has 0 aromatic carbocycles. The van der Waals surface area contributed by atoms with Crippen LogP contribution in [0.2, 0.25) is 0 Å². The molecule has 11 heteroatoms. The second kappa shape index (κ2) is 6.54. The van der Waals surface area contributed by atoms with E-state index in [1.54, 1.807) is 21.6 Å². The second-order valence-electron chi connectivity index (χ2n) is 5.90. The Bertz CT molecular complexity index is 470. The van der Waals surface area contributed by atoms with E-state index < -0.39 is 23.4 Å². The first-order valence-electron chi connectivity index (χ1n) is 7.41. The molecule has 4 rings (SSSR count). The van der Waals surface area contributed by atoms with Crippen molar-refractivity contribution in [2.45, 2.75) is 47.1 Å². The Labute approximate surface area is 139 Å². The third kappa shape index (κ3) is 3.03. The molecule has 4 fully saturated rings. The molecule has 0 amide bonds. The van der Waals surface area contributed by atoms with Crippen LogP contribution in [0.25, 0.3) is 0 Å². The lowest BCUT2D eigenvalue weighted by molar-refractivity contribution is -0.769. The molecule has 9 nitrogen and oxygen atoms in total. The molecule has 0 aromatic heterocycles.